The minimum Gasteiger partial charge on any atom is -0.478 e. The van der Waals surface area contributed by atoms with E-state index >= 15 is 0 Å². The van der Waals surface area contributed by atoms with Crippen LogP contribution < -0.4 is 4.74 Å². The molecular weight excluding hydrogens is 313 g/mol. The van der Waals surface area contributed by atoms with E-state index in [1.54, 1.807) is 0 Å². The molecular formula is C13H10ClF3O4. The summed E-state index contributed by atoms with van der Waals surface area (Å²) in [6, 6.07) is 3.14. The van der Waals surface area contributed by atoms with Crippen molar-refractivity contribution in [1.29, 1.82) is 0 Å². The van der Waals surface area contributed by atoms with Gasteiger partial charge in [0, 0.05) is 6.08 Å². The number of Topliss-reactive ketones (excluding diaryl/α,β-unsaturated/α-hetero) is 1. The predicted molar refractivity (Wildman–Crippen MR) is 69.1 cm³/mol. The first-order valence-electron chi connectivity index (χ1n) is 5.55. The zero-order valence-electron chi connectivity index (χ0n) is 10.6. The molecule has 0 fully saturated rings. The van der Waals surface area contributed by atoms with Gasteiger partial charge in [-0.3, -0.25) is 4.79 Å². The first-order valence-corrected chi connectivity index (χ1v) is 5.99. The van der Waals surface area contributed by atoms with E-state index < -0.39 is 29.2 Å². The van der Waals surface area contributed by atoms with E-state index in [0.29, 0.717) is 0 Å². The molecule has 1 atom stereocenters. The van der Waals surface area contributed by atoms with E-state index in [0.717, 1.165) is 24.3 Å². The topological polar surface area (TPSA) is 63.6 Å². The number of alkyl halides is 4. The van der Waals surface area contributed by atoms with Crippen LogP contribution in [0.1, 0.15) is 23.4 Å². The minimum absolute atomic E-state index is 0.0503. The normalized spacial score (nSPS) is 13.2. The minimum atomic E-state index is -4.88. The molecule has 114 valence electrons. The second kappa shape index (κ2) is 6.62. The van der Waals surface area contributed by atoms with Crippen molar-refractivity contribution in [2.45, 2.75) is 18.7 Å². The summed E-state index contributed by atoms with van der Waals surface area (Å²) in [5.74, 6) is -2.26. The number of carboxylic acid groups (broad SMARTS) is 1. The average molecular weight is 323 g/mol. The first kappa shape index (κ1) is 17.0. The van der Waals surface area contributed by atoms with E-state index in [-0.39, 0.29) is 11.1 Å². The molecule has 1 rings (SSSR count). The van der Waals surface area contributed by atoms with Crippen molar-refractivity contribution < 1.29 is 32.6 Å². The van der Waals surface area contributed by atoms with Gasteiger partial charge in [0.2, 0.25) is 0 Å². The Kier molecular flexibility index (Phi) is 5.37. The number of hydrogen-bond donors (Lipinski definition) is 1. The number of carboxylic acids is 1. The number of aliphatic carboxylic acids is 1. The van der Waals surface area contributed by atoms with Gasteiger partial charge in [-0.05, 0) is 36.3 Å². The number of hydrogen-bond acceptors (Lipinski definition) is 3. The number of benzene rings is 1. The third kappa shape index (κ3) is 5.47. The van der Waals surface area contributed by atoms with Crippen molar-refractivity contribution in [3.05, 3.63) is 35.4 Å². The fraction of sp³-hybridized carbons (Fsp3) is 0.231. The fourth-order valence-electron chi connectivity index (χ4n) is 1.51. The number of ketones is 1. The van der Waals surface area contributed by atoms with E-state index in [1.807, 2.05) is 0 Å². The first-order chi connectivity index (χ1) is 9.60. The van der Waals surface area contributed by atoms with Crippen molar-refractivity contribution in [3.63, 3.8) is 0 Å². The fourth-order valence-corrected chi connectivity index (χ4v) is 1.70. The highest BCUT2D eigenvalue weighted by molar-refractivity contribution is 6.31. The maximum absolute atomic E-state index is 12.2. The lowest BCUT2D eigenvalue weighted by Gasteiger charge is -2.14. The van der Waals surface area contributed by atoms with Gasteiger partial charge in [-0.2, -0.15) is 0 Å². The Hall–Kier alpha value is -2.02. The molecule has 1 aromatic carbocycles. The molecule has 0 heterocycles. The summed E-state index contributed by atoms with van der Waals surface area (Å²) in [5.41, 5.74) is 0.241. The second-order valence-electron chi connectivity index (χ2n) is 3.98. The molecule has 0 bridgehead atoms. The molecule has 0 spiro atoms. The van der Waals surface area contributed by atoms with Gasteiger partial charge in [0.1, 0.15) is 11.1 Å². The molecule has 1 unspecified atom stereocenters. The van der Waals surface area contributed by atoms with Crippen molar-refractivity contribution in [3.8, 4) is 5.75 Å². The number of carbonyl (C=O) groups excluding carboxylic acids is 1. The van der Waals surface area contributed by atoms with Crippen molar-refractivity contribution >= 4 is 29.4 Å². The molecule has 0 aromatic heterocycles. The van der Waals surface area contributed by atoms with Gasteiger partial charge in [0.25, 0.3) is 0 Å². The zero-order chi connectivity index (χ0) is 16.2. The molecule has 0 radical (unpaired) electrons. The van der Waals surface area contributed by atoms with Crippen LogP contribution in [-0.2, 0) is 9.59 Å². The van der Waals surface area contributed by atoms with Crippen LogP contribution in [0.25, 0.3) is 6.08 Å². The van der Waals surface area contributed by atoms with Crippen molar-refractivity contribution in [2.75, 3.05) is 0 Å². The Balaban J connectivity index is 3.26. The van der Waals surface area contributed by atoms with Gasteiger partial charge in [0.05, 0.1) is 0 Å². The Morgan fingerprint density at radius 1 is 1.38 bits per heavy atom. The summed E-state index contributed by atoms with van der Waals surface area (Å²) in [7, 11) is 0. The van der Waals surface area contributed by atoms with E-state index in [9.17, 15) is 22.8 Å². The summed E-state index contributed by atoms with van der Waals surface area (Å²) >= 11 is 5.85. The number of halogens is 4. The highest BCUT2D eigenvalue weighted by atomic mass is 35.5. The largest absolute Gasteiger partial charge is 0.573 e. The van der Waals surface area contributed by atoms with Gasteiger partial charge in [-0.25, -0.2) is 4.79 Å². The molecule has 0 aliphatic rings. The molecule has 0 aliphatic heterocycles. The average Bonchev–Trinajstić information content (AvgIpc) is 2.33. The molecule has 0 amide bonds. The van der Waals surface area contributed by atoms with Crippen molar-refractivity contribution in [2.24, 2.45) is 0 Å². The number of rotatable bonds is 5. The summed E-state index contributed by atoms with van der Waals surface area (Å²) in [5, 5.41) is 7.47. The van der Waals surface area contributed by atoms with Crippen LogP contribution in [0.3, 0.4) is 0 Å². The lowest BCUT2D eigenvalue weighted by Crippen LogP contribution is -2.17. The molecule has 8 heteroatoms. The predicted octanol–water partition coefficient (Wildman–Crippen LogP) is 3.55. The lowest BCUT2D eigenvalue weighted by atomic mass is 10.0. The molecule has 1 N–H and O–H groups in total. The Labute approximate surface area is 122 Å². The second-order valence-corrected chi connectivity index (χ2v) is 4.42. The maximum Gasteiger partial charge on any atom is 0.573 e. The summed E-state index contributed by atoms with van der Waals surface area (Å²) < 4.78 is 40.2. The molecule has 1 aromatic rings. The van der Waals surface area contributed by atoms with Crippen molar-refractivity contribution in [1.82, 2.24) is 0 Å². The SMILES string of the molecule is CC(=O)C(Cl)c1ccc(OC(F)(F)F)cc1C=CC(=O)O. The van der Waals surface area contributed by atoms with E-state index in [1.165, 1.54) is 13.0 Å². The van der Waals surface area contributed by atoms with Gasteiger partial charge in [-0.1, -0.05) is 6.07 Å². The quantitative estimate of drug-likeness (QED) is 0.665. The molecule has 0 saturated heterocycles. The highest BCUT2D eigenvalue weighted by Crippen LogP contribution is 2.31. The van der Waals surface area contributed by atoms with Gasteiger partial charge in [0.15, 0.2) is 5.78 Å². The maximum atomic E-state index is 12.2. The van der Waals surface area contributed by atoms with Crippen LogP contribution in [0.2, 0.25) is 0 Å². The standard InChI is InChI=1S/C13H10ClF3O4/c1-7(18)12(14)10-4-3-9(21-13(15,16)17)6-8(10)2-5-11(19)20/h2-6,12H,1H3,(H,19,20). The van der Waals surface area contributed by atoms with Crippen LogP contribution in [0, 0.1) is 0 Å². The number of ether oxygens (including phenoxy) is 1. The lowest BCUT2D eigenvalue weighted by molar-refractivity contribution is -0.274. The van der Waals surface area contributed by atoms with E-state index in [4.69, 9.17) is 16.7 Å². The molecule has 4 nitrogen and oxygen atoms in total. The number of carbonyl (C=O) groups is 2. The van der Waals surface area contributed by atoms with Crippen LogP contribution in [0.4, 0.5) is 13.2 Å². The van der Waals surface area contributed by atoms with Gasteiger partial charge >= 0.3 is 12.3 Å². The highest BCUT2D eigenvalue weighted by Gasteiger charge is 2.31. The summed E-state index contributed by atoms with van der Waals surface area (Å²) in [6.07, 6.45) is -3.12. The Morgan fingerprint density at radius 3 is 2.48 bits per heavy atom. The summed E-state index contributed by atoms with van der Waals surface area (Å²) in [6.45, 7) is 1.21. The van der Waals surface area contributed by atoms with Gasteiger partial charge in [-0.15, -0.1) is 24.8 Å². The Bertz CT molecular complexity index is 581. The van der Waals surface area contributed by atoms with Crippen LogP contribution >= 0.6 is 11.6 Å². The monoisotopic (exact) mass is 322 g/mol. The Morgan fingerprint density at radius 2 is 2.00 bits per heavy atom. The van der Waals surface area contributed by atoms with Crippen LogP contribution in [0.5, 0.6) is 5.75 Å². The van der Waals surface area contributed by atoms with E-state index in [2.05, 4.69) is 4.74 Å². The van der Waals surface area contributed by atoms with Crippen LogP contribution in [0.15, 0.2) is 24.3 Å². The molecule has 21 heavy (non-hydrogen) atoms. The van der Waals surface area contributed by atoms with Crippen LogP contribution in [-0.4, -0.2) is 23.2 Å². The molecule has 0 saturated carbocycles. The third-order valence-electron chi connectivity index (χ3n) is 2.33. The zero-order valence-corrected chi connectivity index (χ0v) is 11.4. The smallest absolute Gasteiger partial charge is 0.478 e. The summed E-state index contributed by atoms with van der Waals surface area (Å²) in [4.78, 5) is 21.8. The third-order valence-corrected chi connectivity index (χ3v) is 2.87. The molecule has 0 aliphatic carbocycles. The van der Waals surface area contributed by atoms with Gasteiger partial charge < -0.3 is 9.84 Å².